The molecule has 32 heavy (non-hydrogen) atoms. The highest BCUT2D eigenvalue weighted by Crippen LogP contribution is 2.32. The van der Waals surface area contributed by atoms with Gasteiger partial charge in [0.05, 0.1) is 12.9 Å². The van der Waals surface area contributed by atoms with Gasteiger partial charge in [0, 0.05) is 24.7 Å². The molecule has 0 saturated carbocycles. The fourth-order valence-electron chi connectivity index (χ4n) is 3.77. The van der Waals surface area contributed by atoms with E-state index in [9.17, 15) is 10.1 Å². The van der Waals surface area contributed by atoms with E-state index in [0.29, 0.717) is 44.2 Å². The molecule has 1 amide bonds. The number of furan rings is 1. The number of carbonyl (C=O) groups excluding carboxylic acids is 1. The van der Waals surface area contributed by atoms with Gasteiger partial charge in [-0.15, -0.1) is 0 Å². The zero-order chi connectivity index (χ0) is 22.5. The first-order valence-corrected chi connectivity index (χ1v) is 10.8. The maximum absolute atomic E-state index is 12.8. The van der Waals surface area contributed by atoms with Crippen molar-refractivity contribution in [2.75, 3.05) is 29.9 Å². The predicted molar refractivity (Wildman–Crippen MR) is 119 cm³/mol. The van der Waals surface area contributed by atoms with Crippen LogP contribution in [0.1, 0.15) is 37.4 Å². The standard InChI is InChI=1S/C24H26N4O4/c1-3-12-30-18-6-7-19(16(2)14-18)26-22(29)17-8-10-28(11-9-17)24-20(15-25)27-23(32-24)21-5-4-13-31-21/h4-7,13-14,17H,3,8-12H2,1-2H3,(H,26,29). The molecule has 0 unspecified atom stereocenters. The molecular formula is C24H26N4O4. The van der Waals surface area contributed by atoms with Crippen molar-refractivity contribution >= 4 is 17.5 Å². The van der Waals surface area contributed by atoms with Crippen LogP contribution in [0.25, 0.3) is 11.7 Å². The Hall–Kier alpha value is -3.73. The van der Waals surface area contributed by atoms with Gasteiger partial charge in [-0.3, -0.25) is 4.79 Å². The van der Waals surface area contributed by atoms with Crippen LogP contribution in [0.3, 0.4) is 0 Å². The summed E-state index contributed by atoms with van der Waals surface area (Å²) >= 11 is 0. The van der Waals surface area contributed by atoms with Gasteiger partial charge in [0.1, 0.15) is 11.8 Å². The molecule has 1 aromatic carbocycles. The van der Waals surface area contributed by atoms with Crippen LogP contribution in [0, 0.1) is 24.2 Å². The molecule has 1 fully saturated rings. The second kappa shape index (κ2) is 9.60. The van der Waals surface area contributed by atoms with Crippen molar-refractivity contribution in [2.45, 2.75) is 33.1 Å². The summed E-state index contributed by atoms with van der Waals surface area (Å²) < 4.78 is 16.8. The summed E-state index contributed by atoms with van der Waals surface area (Å²) in [4.78, 5) is 19.0. The van der Waals surface area contributed by atoms with Gasteiger partial charge >= 0.3 is 0 Å². The van der Waals surface area contributed by atoms with Crippen LogP contribution in [-0.4, -0.2) is 30.6 Å². The third-order valence-corrected chi connectivity index (χ3v) is 5.53. The van der Waals surface area contributed by atoms with Gasteiger partial charge in [-0.2, -0.15) is 10.2 Å². The number of hydrogen-bond acceptors (Lipinski definition) is 7. The Morgan fingerprint density at radius 1 is 1.34 bits per heavy atom. The third kappa shape index (κ3) is 4.62. The zero-order valence-corrected chi connectivity index (χ0v) is 18.3. The van der Waals surface area contributed by atoms with E-state index in [0.717, 1.165) is 23.4 Å². The molecule has 1 aliphatic rings. The van der Waals surface area contributed by atoms with Crippen LogP contribution in [0.4, 0.5) is 11.6 Å². The molecule has 4 rings (SSSR count). The molecule has 0 radical (unpaired) electrons. The van der Waals surface area contributed by atoms with E-state index in [1.807, 2.05) is 30.0 Å². The first-order chi connectivity index (χ1) is 15.6. The predicted octanol–water partition coefficient (Wildman–Crippen LogP) is 4.76. The molecule has 0 bridgehead atoms. The minimum atomic E-state index is -0.111. The lowest BCUT2D eigenvalue weighted by molar-refractivity contribution is -0.120. The number of rotatable bonds is 7. The van der Waals surface area contributed by atoms with Gasteiger partial charge in [0.25, 0.3) is 5.89 Å². The van der Waals surface area contributed by atoms with Crippen molar-refractivity contribution in [3.63, 3.8) is 0 Å². The van der Waals surface area contributed by atoms with Crippen molar-refractivity contribution in [2.24, 2.45) is 5.92 Å². The molecule has 8 nitrogen and oxygen atoms in total. The number of carbonyl (C=O) groups is 1. The molecule has 1 saturated heterocycles. The van der Waals surface area contributed by atoms with Crippen LogP contribution in [0.15, 0.2) is 45.4 Å². The molecule has 0 aliphatic carbocycles. The highest BCUT2D eigenvalue weighted by Gasteiger charge is 2.29. The Kier molecular flexibility index (Phi) is 6.45. The van der Waals surface area contributed by atoms with E-state index in [1.54, 1.807) is 12.1 Å². The molecule has 8 heteroatoms. The van der Waals surface area contributed by atoms with E-state index in [-0.39, 0.29) is 23.4 Å². The normalized spacial score (nSPS) is 14.2. The SMILES string of the molecule is CCCOc1ccc(NC(=O)C2CCN(c3oc(-c4ccco4)nc3C#N)CC2)c(C)c1. The van der Waals surface area contributed by atoms with Crippen molar-refractivity contribution in [3.8, 4) is 23.5 Å². The number of ether oxygens (including phenoxy) is 1. The third-order valence-electron chi connectivity index (χ3n) is 5.53. The number of anilines is 2. The van der Waals surface area contributed by atoms with Gasteiger partial charge in [0.2, 0.25) is 17.5 Å². The van der Waals surface area contributed by atoms with E-state index in [4.69, 9.17) is 13.6 Å². The highest BCUT2D eigenvalue weighted by molar-refractivity contribution is 5.93. The Morgan fingerprint density at radius 3 is 2.81 bits per heavy atom. The van der Waals surface area contributed by atoms with Gasteiger partial charge in [-0.05, 0) is 62.1 Å². The smallest absolute Gasteiger partial charge is 0.266 e. The molecule has 3 heterocycles. The molecule has 3 aromatic rings. The summed E-state index contributed by atoms with van der Waals surface area (Å²) in [6.45, 7) is 5.89. The fraction of sp³-hybridized carbons (Fsp3) is 0.375. The summed E-state index contributed by atoms with van der Waals surface area (Å²) in [6.07, 6.45) is 3.79. The first kappa shape index (κ1) is 21.5. The second-order valence-corrected chi connectivity index (χ2v) is 7.84. The monoisotopic (exact) mass is 434 g/mol. The van der Waals surface area contributed by atoms with E-state index < -0.39 is 0 Å². The summed E-state index contributed by atoms with van der Waals surface area (Å²) in [5, 5.41) is 12.5. The maximum Gasteiger partial charge on any atom is 0.266 e. The summed E-state index contributed by atoms with van der Waals surface area (Å²) in [5.74, 6) is 1.89. The molecule has 0 spiro atoms. The van der Waals surface area contributed by atoms with Crippen LogP contribution >= 0.6 is 0 Å². The summed E-state index contributed by atoms with van der Waals surface area (Å²) in [6, 6.07) is 11.3. The quantitative estimate of drug-likeness (QED) is 0.572. The van der Waals surface area contributed by atoms with Crippen LogP contribution < -0.4 is 15.0 Å². The van der Waals surface area contributed by atoms with Crippen molar-refractivity contribution < 1.29 is 18.4 Å². The molecule has 2 aromatic heterocycles. The van der Waals surface area contributed by atoms with Crippen LogP contribution in [0.5, 0.6) is 5.75 Å². The number of amides is 1. The van der Waals surface area contributed by atoms with Gasteiger partial charge < -0.3 is 23.8 Å². The molecular weight excluding hydrogens is 408 g/mol. The number of nitrogens with zero attached hydrogens (tertiary/aromatic N) is 3. The van der Waals surface area contributed by atoms with Gasteiger partial charge in [-0.25, -0.2) is 0 Å². The molecule has 1 N–H and O–H groups in total. The number of aryl methyl sites for hydroxylation is 1. The number of piperidine rings is 1. The minimum Gasteiger partial charge on any atom is -0.494 e. The van der Waals surface area contributed by atoms with E-state index in [1.165, 1.54) is 6.26 Å². The summed E-state index contributed by atoms with van der Waals surface area (Å²) in [5.41, 5.74) is 1.99. The van der Waals surface area contributed by atoms with Crippen LogP contribution in [0.2, 0.25) is 0 Å². The number of nitriles is 1. The summed E-state index contributed by atoms with van der Waals surface area (Å²) in [7, 11) is 0. The first-order valence-electron chi connectivity index (χ1n) is 10.8. The number of oxazole rings is 1. The molecule has 1 aliphatic heterocycles. The lowest BCUT2D eigenvalue weighted by Crippen LogP contribution is -2.38. The largest absolute Gasteiger partial charge is 0.494 e. The maximum atomic E-state index is 12.8. The lowest BCUT2D eigenvalue weighted by Gasteiger charge is -2.31. The number of aromatic nitrogens is 1. The van der Waals surface area contributed by atoms with Crippen molar-refractivity contribution in [1.29, 1.82) is 5.26 Å². The van der Waals surface area contributed by atoms with E-state index in [2.05, 4.69) is 23.3 Å². The highest BCUT2D eigenvalue weighted by atomic mass is 16.5. The zero-order valence-electron chi connectivity index (χ0n) is 18.3. The van der Waals surface area contributed by atoms with E-state index >= 15 is 0 Å². The average Bonchev–Trinajstić information content (AvgIpc) is 3.49. The van der Waals surface area contributed by atoms with Crippen molar-refractivity contribution in [3.05, 3.63) is 47.9 Å². The fourth-order valence-corrected chi connectivity index (χ4v) is 3.77. The average molecular weight is 434 g/mol. The number of nitrogens with one attached hydrogen (secondary N) is 1. The Morgan fingerprint density at radius 2 is 2.16 bits per heavy atom. The van der Waals surface area contributed by atoms with Gasteiger partial charge in [0.15, 0.2) is 5.76 Å². The van der Waals surface area contributed by atoms with Gasteiger partial charge in [-0.1, -0.05) is 6.92 Å². The topological polar surface area (TPSA) is 105 Å². The van der Waals surface area contributed by atoms with Crippen LogP contribution in [-0.2, 0) is 4.79 Å². The Bertz CT molecular complexity index is 1110. The minimum absolute atomic E-state index is 0.00401. The second-order valence-electron chi connectivity index (χ2n) is 7.84. The Labute approximate surface area is 186 Å². The molecule has 0 atom stereocenters. The van der Waals surface area contributed by atoms with Crippen molar-refractivity contribution in [1.82, 2.24) is 4.98 Å². The molecule has 166 valence electrons. The Balaban J connectivity index is 1.37. The number of benzene rings is 1. The number of hydrogen-bond donors (Lipinski definition) is 1. The lowest BCUT2D eigenvalue weighted by atomic mass is 9.95.